The van der Waals surface area contributed by atoms with Crippen molar-refractivity contribution in [3.63, 3.8) is 0 Å². The Balaban J connectivity index is 1.72. The third-order valence-electron chi connectivity index (χ3n) is 3.31. The molecule has 5 heteroatoms. The van der Waals surface area contributed by atoms with Crippen molar-refractivity contribution in [2.45, 2.75) is 26.4 Å². The van der Waals surface area contributed by atoms with Gasteiger partial charge in [0.1, 0.15) is 5.82 Å². The molecule has 0 aromatic carbocycles. The van der Waals surface area contributed by atoms with E-state index < -0.39 is 0 Å². The minimum Gasteiger partial charge on any atom is -0.293 e. The number of pyridine rings is 1. The summed E-state index contributed by atoms with van der Waals surface area (Å²) in [4.78, 5) is 15.6. The van der Waals surface area contributed by atoms with Crippen LogP contribution in [0.3, 0.4) is 0 Å². The van der Waals surface area contributed by atoms with Gasteiger partial charge in [-0.3, -0.25) is 9.88 Å². The van der Waals surface area contributed by atoms with Crippen molar-refractivity contribution < 1.29 is 0 Å². The second-order valence-corrected chi connectivity index (χ2v) is 5.73. The van der Waals surface area contributed by atoms with Crippen LogP contribution in [-0.2, 0) is 19.5 Å². The summed E-state index contributed by atoms with van der Waals surface area (Å²) in [6.45, 7) is 4.76. The van der Waals surface area contributed by atoms with Crippen LogP contribution in [0.15, 0.2) is 29.0 Å². The standard InChI is InChI=1S/C14H15BrN4/c1-10-16-6-11-8-19(5-4-14(11)18-10)9-13-3-2-12(15)7-17-13/h2-3,6-7H,4-5,8-9H2,1H3. The van der Waals surface area contributed by atoms with Crippen LogP contribution < -0.4 is 0 Å². The Labute approximate surface area is 121 Å². The quantitative estimate of drug-likeness (QED) is 0.853. The van der Waals surface area contributed by atoms with Gasteiger partial charge < -0.3 is 0 Å². The Morgan fingerprint density at radius 1 is 1.26 bits per heavy atom. The highest BCUT2D eigenvalue weighted by Crippen LogP contribution is 2.18. The van der Waals surface area contributed by atoms with Gasteiger partial charge in [0.2, 0.25) is 0 Å². The molecule has 0 unspecified atom stereocenters. The first-order valence-corrected chi connectivity index (χ1v) is 7.14. The van der Waals surface area contributed by atoms with Crippen LogP contribution in [0.4, 0.5) is 0 Å². The fourth-order valence-electron chi connectivity index (χ4n) is 2.34. The van der Waals surface area contributed by atoms with Gasteiger partial charge >= 0.3 is 0 Å². The lowest BCUT2D eigenvalue weighted by atomic mass is 10.1. The maximum atomic E-state index is 4.51. The zero-order valence-electron chi connectivity index (χ0n) is 10.8. The van der Waals surface area contributed by atoms with Crippen LogP contribution in [-0.4, -0.2) is 26.4 Å². The molecule has 0 saturated carbocycles. The lowest BCUT2D eigenvalue weighted by Crippen LogP contribution is -2.31. The first kappa shape index (κ1) is 12.7. The lowest BCUT2D eigenvalue weighted by Gasteiger charge is -2.27. The Kier molecular flexibility index (Phi) is 3.57. The summed E-state index contributed by atoms with van der Waals surface area (Å²) < 4.78 is 1.02. The third kappa shape index (κ3) is 2.98. The number of halogens is 1. The van der Waals surface area contributed by atoms with Crippen molar-refractivity contribution in [1.82, 2.24) is 19.9 Å². The van der Waals surface area contributed by atoms with Crippen LogP contribution in [0.25, 0.3) is 0 Å². The van der Waals surface area contributed by atoms with Crippen LogP contribution >= 0.6 is 15.9 Å². The highest BCUT2D eigenvalue weighted by Gasteiger charge is 2.18. The normalized spacial score (nSPS) is 15.3. The minimum atomic E-state index is 0.863. The van der Waals surface area contributed by atoms with Crippen molar-refractivity contribution in [2.24, 2.45) is 0 Å². The minimum absolute atomic E-state index is 0.863. The Morgan fingerprint density at radius 3 is 2.95 bits per heavy atom. The SMILES string of the molecule is Cc1ncc2c(n1)CCN(Cc1ccc(Br)cn1)C2. The zero-order valence-corrected chi connectivity index (χ0v) is 12.4. The number of hydrogen-bond acceptors (Lipinski definition) is 4. The van der Waals surface area contributed by atoms with E-state index in [1.807, 2.05) is 25.4 Å². The Morgan fingerprint density at radius 2 is 2.16 bits per heavy atom. The maximum absolute atomic E-state index is 4.51. The van der Waals surface area contributed by atoms with Gasteiger partial charge in [0.25, 0.3) is 0 Å². The topological polar surface area (TPSA) is 41.9 Å². The number of hydrogen-bond donors (Lipinski definition) is 0. The molecule has 2 aromatic rings. The maximum Gasteiger partial charge on any atom is 0.125 e. The molecule has 3 rings (SSSR count). The van der Waals surface area contributed by atoms with E-state index in [2.05, 4.69) is 41.8 Å². The summed E-state index contributed by atoms with van der Waals surface area (Å²) in [6.07, 6.45) is 4.80. The molecule has 0 bridgehead atoms. The molecule has 3 heterocycles. The predicted molar refractivity (Wildman–Crippen MR) is 76.5 cm³/mol. The molecule has 0 amide bonds. The van der Waals surface area contributed by atoms with Crippen molar-refractivity contribution in [2.75, 3.05) is 6.54 Å². The second-order valence-electron chi connectivity index (χ2n) is 4.82. The molecule has 19 heavy (non-hydrogen) atoms. The second kappa shape index (κ2) is 5.35. The lowest BCUT2D eigenvalue weighted by molar-refractivity contribution is 0.240. The molecule has 0 atom stereocenters. The first-order valence-electron chi connectivity index (χ1n) is 6.35. The Hall–Kier alpha value is -1.33. The number of rotatable bonds is 2. The molecule has 4 nitrogen and oxygen atoms in total. The van der Waals surface area contributed by atoms with Crippen molar-refractivity contribution >= 4 is 15.9 Å². The van der Waals surface area contributed by atoms with E-state index in [-0.39, 0.29) is 0 Å². The van der Waals surface area contributed by atoms with Gasteiger partial charge in [-0.15, -0.1) is 0 Å². The molecule has 0 saturated heterocycles. The fourth-order valence-corrected chi connectivity index (χ4v) is 2.57. The Bertz CT molecular complexity index is 582. The van der Waals surface area contributed by atoms with Crippen LogP contribution in [0.5, 0.6) is 0 Å². The molecule has 1 aliphatic rings. The number of nitrogens with zero attached hydrogens (tertiary/aromatic N) is 4. The highest BCUT2D eigenvalue weighted by atomic mass is 79.9. The summed E-state index contributed by atoms with van der Waals surface area (Å²) in [7, 11) is 0. The van der Waals surface area contributed by atoms with Crippen molar-refractivity contribution in [3.05, 3.63) is 51.8 Å². The summed E-state index contributed by atoms with van der Waals surface area (Å²) in [5, 5.41) is 0. The molecule has 0 N–H and O–H groups in total. The predicted octanol–water partition coefficient (Wildman–Crippen LogP) is 2.50. The van der Waals surface area contributed by atoms with E-state index in [1.54, 1.807) is 0 Å². The molecule has 0 fully saturated rings. The summed E-state index contributed by atoms with van der Waals surface area (Å²) in [5.74, 6) is 0.863. The summed E-state index contributed by atoms with van der Waals surface area (Å²) in [6, 6.07) is 4.10. The number of aromatic nitrogens is 3. The molecule has 98 valence electrons. The van der Waals surface area contributed by atoms with Gasteiger partial charge in [0.15, 0.2) is 0 Å². The van der Waals surface area contributed by atoms with Gasteiger partial charge in [-0.25, -0.2) is 9.97 Å². The zero-order chi connectivity index (χ0) is 13.2. The van der Waals surface area contributed by atoms with Gasteiger partial charge in [0.05, 0.1) is 5.69 Å². The number of aryl methyl sites for hydroxylation is 1. The van der Waals surface area contributed by atoms with Crippen LogP contribution in [0.2, 0.25) is 0 Å². The van der Waals surface area contributed by atoms with E-state index in [4.69, 9.17) is 0 Å². The molecule has 0 aliphatic carbocycles. The number of fused-ring (bicyclic) bond motifs is 1. The first-order chi connectivity index (χ1) is 9.20. The molecule has 2 aromatic heterocycles. The van der Waals surface area contributed by atoms with E-state index in [0.717, 1.165) is 42.0 Å². The average molecular weight is 319 g/mol. The average Bonchev–Trinajstić information content (AvgIpc) is 2.42. The van der Waals surface area contributed by atoms with E-state index in [1.165, 1.54) is 11.3 Å². The van der Waals surface area contributed by atoms with Gasteiger partial charge in [0, 0.05) is 54.2 Å². The third-order valence-corrected chi connectivity index (χ3v) is 3.78. The smallest absolute Gasteiger partial charge is 0.125 e. The van der Waals surface area contributed by atoms with Crippen molar-refractivity contribution in [3.8, 4) is 0 Å². The van der Waals surface area contributed by atoms with Crippen molar-refractivity contribution in [1.29, 1.82) is 0 Å². The summed E-state index contributed by atoms with van der Waals surface area (Å²) >= 11 is 3.41. The van der Waals surface area contributed by atoms with E-state index in [0.29, 0.717) is 0 Å². The molecule has 0 radical (unpaired) electrons. The van der Waals surface area contributed by atoms with Gasteiger partial charge in [-0.1, -0.05) is 0 Å². The van der Waals surface area contributed by atoms with Gasteiger partial charge in [-0.05, 0) is 35.0 Å². The van der Waals surface area contributed by atoms with Crippen LogP contribution in [0, 0.1) is 6.92 Å². The monoisotopic (exact) mass is 318 g/mol. The van der Waals surface area contributed by atoms with E-state index >= 15 is 0 Å². The molecule has 1 aliphatic heterocycles. The van der Waals surface area contributed by atoms with Gasteiger partial charge in [-0.2, -0.15) is 0 Å². The highest BCUT2D eigenvalue weighted by molar-refractivity contribution is 9.10. The van der Waals surface area contributed by atoms with Crippen LogP contribution in [0.1, 0.15) is 22.8 Å². The fraction of sp³-hybridized carbons (Fsp3) is 0.357. The molecule has 0 spiro atoms. The largest absolute Gasteiger partial charge is 0.293 e. The molecular formula is C14H15BrN4. The summed E-state index contributed by atoms with van der Waals surface area (Å²) in [5.41, 5.74) is 3.54. The van der Waals surface area contributed by atoms with E-state index in [9.17, 15) is 0 Å². The molecular weight excluding hydrogens is 304 g/mol.